The van der Waals surface area contributed by atoms with E-state index in [-0.39, 0.29) is 12.5 Å². The lowest BCUT2D eigenvalue weighted by atomic mass is 10.2. The van der Waals surface area contributed by atoms with E-state index in [4.69, 9.17) is 15.2 Å². The number of benzene rings is 1. The standard InChI is InChI=1S/C15H21N3O3/c16-5-6-17-7-9-18(10-8-17)15(19)14-11-20-12-3-1-2-4-13(12)21-14/h1-4,14H,5-11,16H2. The van der Waals surface area contributed by atoms with Gasteiger partial charge in [-0.15, -0.1) is 0 Å². The minimum Gasteiger partial charge on any atom is -0.485 e. The van der Waals surface area contributed by atoms with Crippen LogP contribution in [0, 0.1) is 0 Å². The van der Waals surface area contributed by atoms with Crippen molar-refractivity contribution in [2.24, 2.45) is 5.73 Å². The molecular weight excluding hydrogens is 270 g/mol. The van der Waals surface area contributed by atoms with Gasteiger partial charge in [-0.1, -0.05) is 12.1 Å². The summed E-state index contributed by atoms with van der Waals surface area (Å²) in [7, 11) is 0. The average Bonchev–Trinajstić information content (AvgIpc) is 2.55. The van der Waals surface area contributed by atoms with Crippen LogP contribution in [0.1, 0.15) is 0 Å². The Kier molecular flexibility index (Phi) is 4.26. The first-order chi connectivity index (χ1) is 10.3. The topological polar surface area (TPSA) is 68.0 Å². The summed E-state index contributed by atoms with van der Waals surface area (Å²) >= 11 is 0. The predicted molar refractivity (Wildman–Crippen MR) is 78.4 cm³/mol. The number of nitrogens with zero attached hydrogens (tertiary/aromatic N) is 2. The van der Waals surface area contributed by atoms with Crippen LogP contribution in [-0.4, -0.2) is 67.7 Å². The first-order valence-electron chi connectivity index (χ1n) is 7.37. The molecule has 3 rings (SSSR count). The van der Waals surface area contributed by atoms with Crippen LogP contribution in [0.3, 0.4) is 0 Å². The zero-order valence-corrected chi connectivity index (χ0v) is 12.0. The highest BCUT2D eigenvalue weighted by Crippen LogP contribution is 2.31. The van der Waals surface area contributed by atoms with E-state index in [1.165, 1.54) is 0 Å². The van der Waals surface area contributed by atoms with Crippen molar-refractivity contribution in [1.29, 1.82) is 0 Å². The van der Waals surface area contributed by atoms with Gasteiger partial charge in [-0.25, -0.2) is 0 Å². The number of piperazine rings is 1. The number of hydrogen-bond acceptors (Lipinski definition) is 5. The zero-order valence-electron chi connectivity index (χ0n) is 12.0. The van der Waals surface area contributed by atoms with Gasteiger partial charge in [0.15, 0.2) is 11.5 Å². The second kappa shape index (κ2) is 6.32. The highest BCUT2D eigenvalue weighted by molar-refractivity contribution is 5.82. The van der Waals surface area contributed by atoms with E-state index in [2.05, 4.69) is 4.90 Å². The third-order valence-electron chi connectivity index (χ3n) is 3.91. The number of para-hydroxylation sites is 2. The molecular formula is C15H21N3O3. The molecule has 6 heteroatoms. The third kappa shape index (κ3) is 3.11. The molecule has 0 aliphatic carbocycles. The quantitative estimate of drug-likeness (QED) is 0.844. The van der Waals surface area contributed by atoms with Crippen LogP contribution in [0.15, 0.2) is 24.3 Å². The molecule has 1 saturated heterocycles. The van der Waals surface area contributed by atoms with Gasteiger partial charge in [0.2, 0.25) is 6.10 Å². The van der Waals surface area contributed by atoms with Crippen molar-refractivity contribution >= 4 is 5.91 Å². The maximum absolute atomic E-state index is 12.5. The number of amides is 1. The van der Waals surface area contributed by atoms with Gasteiger partial charge in [-0.2, -0.15) is 0 Å². The van der Waals surface area contributed by atoms with Crippen LogP contribution in [0.4, 0.5) is 0 Å². The minimum atomic E-state index is -0.541. The van der Waals surface area contributed by atoms with Crippen LogP contribution in [-0.2, 0) is 4.79 Å². The molecule has 114 valence electrons. The van der Waals surface area contributed by atoms with Crippen molar-refractivity contribution in [3.63, 3.8) is 0 Å². The van der Waals surface area contributed by atoms with Crippen molar-refractivity contribution in [1.82, 2.24) is 9.80 Å². The summed E-state index contributed by atoms with van der Waals surface area (Å²) in [6.07, 6.45) is -0.541. The minimum absolute atomic E-state index is 0.0110. The maximum Gasteiger partial charge on any atom is 0.267 e. The van der Waals surface area contributed by atoms with E-state index in [9.17, 15) is 4.79 Å². The number of carbonyl (C=O) groups excluding carboxylic acids is 1. The second-order valence-corrected chi connectivity index (χ2v) is 5.32. The van der Waals surface area contributed by atoms with Gasteiger partial charge in [0.05, 0.1) is 0 Å². The molecule has 2 N–H and O–H groups in total. The molecule has 2 heterocycles. The Morgan fingerprint density at radius 3 is 2.62 bits per heavy atom. The Hall–Kier alpha value is -1.79. The summed E-state index contributed by atoms with van der Waals surface area (Å²) in [5, 5.41) is 0. The van der Waals surface area contributed by atoms with Crippen molar-refractivity contribution in [2.75, 3.05) is 45.9 Å². The first kappa shape index (κ1) is 14.2. The lowest BCUT2D eigenvalue weighted by Gasteiger charge is -2.37. The molecule has 2 aliphatic rings. The van der Waals surface area contributed by atoms with Crippen LogP contribution >= 0.6 is 0 Å². The fraction of sp³-hybridized carbons (Fsp3) is 0.533. The molecule has 0 aromatic heterocycles. The number of fused-ring (bicyclic) bond motifs is 1. The molecule has 6 nitrogen and oxygen atoms in total. The highest BCUT2D eigenvalue weighted by atomic mass is 16.6. The van der Waals surface area contributed by atoms with Gasteiger partial charge in [-0.05, 0) is 12.1 Å². The Morgan fingerprint density at radius 1 is 1.19 bits per heavy atom. The summed E-state index contributed by atoms with van der Waals surface area (Å²) < 4.78 is 11.4. The second-order valence-electron chi connectivity index (χ2n) is 5.32. The van der Waals surface area contributed by atoms with Crippen molar-refractivity contribution in [3.8, 4) is 11.5 Å². The van der Waals surface area contributed by atoms with Crippen LogP contribution in [0.2, 0.25) is 0 Å². The van der Waals surface area contributed by atoms with Gasteiger partial charge in [0.1, 0.15) is 6.61 Å². The van der Waals surface area contributed by atoms with E-state index < -0.39 is 6.10 Å². The number of rotatable bonds is 3. The van der Waals surface area contributed by atoms with Crippen LogP contribution in [0.5, 0.6) is 11.5 Å². The summed E-state index contributed by atoms with van der Waals surface area (Å²) in [6, 6.07) is 7.44. The smallest absolute Gasteiger partial charge is 0.267 e. The lowest BCUT2D eigenvalue weighted by molar-refractivity contribution is -0.143. The van der Waals surface area contributed by atoms with Crippen molar-refractivity contribution < 1.29 is 14.3 Å². The Labute approximate surface area is 124 Å². The highest BCUT2D eigenvalue weighted by Gasteiger charge is 2.32. The molecule has 1 fully saturated rings. The average molecular weight is 291 g/mol. The molecule has 1 atom stereocenters. The van der Waals surface area contributed by atoms with Gasteiger partial charge in [0.25, 0.3) is 5.91 Å². The summed E-state index contributed by atoms with van der Waals surface area (Å²) in [5.41, 5.74) is 5.56. The lowest BCUT2D eigenvalue weighted by Crippen LogP contribution is -2.54. The predicted octanol–water partition coefficient (Wildman–Crippen LogP) is -0.0707. The molecule has 2 aliphatic heterocycles. The van der Waals surface area contributed by atoms with Gasteiger partial charge < -0.3 is 20.1 Å². The Bertz CT molecular complexity index is 501. The normalized spacial score (nSPS) is 22.1. The fourth-order valence-electron chi connectivity index (χ4n) is 2.72. The molecule has 1 unspecified atom stereocenters. The van der Waals surface area contributed by atoms with Gasteiger partial charge in [-0.3, -0.25) is 9.69 Å². The number of ether oxygens (including phenoxy) is 2. The molecule has 0 saturated carbocycles. The van der Waals surface area contributed by atoms with Crippen molar-refractivity contribution in [3.05, 3.63) is 24.3 Å². The Balaban J connectivity index is 1.57. The number of carbonyl (C=O) groups is 1. The van der Waals surface area contributed by atoms with E-state index in [1.807, 2.05) is 29.2 Å². The fourth-order valence-corrected chi connectivity index (χ4v) is 2.72. The molecule has 1 aromatic carbocycles. The van der Waals surface area contributed by atoms with E-state index >= 15 is 0 Å². The first-order valence-corrected chi connectivity index (χ1v) is 7.37. The molecule has 0 spiro atoms. The van der Waals surface area contributed by atoms with Crippen LogP contribution < -0.4 is 15.2 Å². The molecule has 0 bridgehead atoms. The summed E-state index contributed by atoms with van der Waals surface area (Å²) in [6.45, 7) is 5.00. The largest absolute Gasteiger partial charge is 0.485 e. The molecule has 0 radical (unpaired) electrons. The molecule has 21 heavy (non-hydrogen) atoms. The molecule has 1 aromatic rings. The Morgan fingerprint density at radius 2 is 1.90 bits per heavy atom. The SMILES string of the molecule is NCCN1CCN(C(=O)C2COc3ccccc3O2)CC1. The van der Waals surface area contributed by atoms with E-state index in [0.717, 1.165) is 32.7 Å². The monoisotopic (exact) mass is 291 g/mol. The van der Waals surface area contributed by atoms with Gasteiger partial charge >= 0.3 is 0 Å². The maximum atomic E-state index is 12.5. The van der Waals surface area contributed by atoms with Gasteiger partial charge in [0, 0.05) is 39.3 Å². The van der Waals surface area contributed by atoms with E-state index in [0.29, 0.717) is 18.0 Å². The number of nitrogens with two attached hydrogens (primary N) is 1. The van der Waals surface area contributed by atoms with Crippen LogP contribution in [0.25, 0.3) is 0 Å². The van der Waals surface area contributed by atoms with E-state index in [1.54, 1.807) is 0 Å². The molecule has 1 amide bonds. The summed E-state index contributed by atoms with van der Waals surface area (Å²) in [5.74, 6) is 1.36. The third-order valence-corrected chi connectivity index (χ3v) is 3.91. The van der Waals surface area contributed by atoms with Crippen molar-refractivity contribution in [2.45, 2.75) is 6.10 Å². The zero-order chi connectivity index (χ0) is 14.7. The summed E-state index contributed by atoms with van der Waals surface area (Å²) in [4.78, 5) is 16.6. The number of hydrogen-bond donors (Lipinski definition) is 1.